The van der Waals surface area contributed by atoms with Crippen molar-refractivity contribution in [3.8, 4) is 45.6 Å². The van der Waals surface area contributed by atoms with E-state index in [9.17, 15) is 38.4 Å². The zero-order chi connectivity index (χ0) is 67.9. The van der Waals surface area contributed by atoms with Gasteiger partial charge in [0.2, 0.25) is 0 Å². The third kappa shape index (κ3) is 16.5. The highest BCUT2D eigenvalue weighted by Crippen LogP contribution is 2.28. The topological polar surface area (TPSA) is 253 Å². The van der Waals surface area contributed by atoms with E-state index in [0.29, 0.717) is 67.8 Å². The average molecular weight is 1270 g/mol. The van der Waals surface area contributed by atoms with Crippen LogP contribution < -0.4 is 0 Å². The molecular weight excluding hydrogens is 1180 g/mol. The van der Waals surface area contributed by atoms with Gasteiger partial charge in [0, 0.05) is 146 Å². The summed E-state index contributed by atoms with van der Waals surface area (Å²) in [5.41, 5.74) is 4.59. The van der Waals surface area contributed by atoms with Crippen LogP contribution in [-0.2, 0) is 0 Å². The second kappa shape index (κ2) is 28.3. The lowest BCUT2D eigenvalue weighted by molar-refractivity contribution is 0.0594. The molecule has 9 rings (SSSR count). The maximum absolute atomic E-state index is 14.9. The Morgan fingerprint density at radius 1 is 0.234 bits per heavy atom. The van der Waals surface area contributed by atoms with E-state index in [4.69, 9.17) is 0 Å². The van der Waals surface area contributed by atoms with Crippen LogP contribution in [0.2, 0.25) is 0 Å². The van der Waals surface area contributed by atoms with E-state index >= 15 is 0 Å². The van der Waals surface area contributed by atoms with Gasteiger partial charge in [-0.3, -0.25) is 78.2 Å². The summed E-state index contributed by atoms with van der Waals surface area (Å²) in [4.78, 5) is 154. The van der Waals surface area contributed by atoms with E-state index in [-0.39, 0.29) is 134 Å². The van der Waals surface area contributed by atoms with E-state index in [1.165, 1.54) is 49.6 Å². The maximum atomic E-state index is 14.9. The summed E-state index contributed by atoms with van der Waals surface area (Å²) in [6, 6.07) is 27.1. The summed E-state index contributed by atoms with van der Waals surface area (Å²) in [5.74, 6) is -1.67. The number of carbonyl (C=O) groups is 8. The third-order valence-corrected chi connectivity index (χ3v) is 16.1. The van der Waals surface area contributed by atoms with Crippen molar-refractivity contribution >= 4 is 46.8 Å². The lowest BCUT2D eigenvalue weighted by Crippen LogP contribution is -2.46. The number of Topliss-reactive ketones (excluding diaryl/α,β-unsaturated/α-hetero) is 4. The molecule has 94 heavy (non-hydrogen) atoms. The minimum atomic E-state index is -0.595. The van der Waals surface area contributed by atoms with Gasteiger partial charge in [0.05, 0.1) is 67.8 Å². The summed E-state index contributed by atoms with van der Waals surface area (Å²) in [7, 11) is 0. The maximum Gasteiger partial charge on any atom is 0.255 e. The fourth-order valence-corrected chi connectivity index (χ4v) is 10.5. The van der Waals surface area contributed by atoms with Crippen LogP contribution in [0.5, 0.6) is 0 Å². The van der Waals surface area contributed by atoms with Crippen LogP contribution in [0.4, 0.5) is 0 Å². The largest absolute Gasteiger partial charge is 0.337 e. The number of amides is 4. The molecule has 0 saturated carbocycles. The normalized spacial score (nSPS) is 14.0. The van der Waals surface area contributed by atoms with Crippen LogP contribution in [-0.4, -0.2) is 159 Å². The van der Waals surface area contributed by atoms with Crippen LogP contribution in [0.3, 0.4) is 0 Å². The molecule has 0 N–H and O–H groups in total. The molecule has 20 heteroatoms. The summed E-state index contributed by atoms with van der Waals surface area (Å²) in [6.45, 7) is 23.0. The first-order valence-electron chi connectivity index (χ1n) is 31.5. The highest BCUT2D eigenvalue weighted by Gasteiger charge is 2.30. The zero-order valence-corrected chi connectivity index (χ0v) is 55.6. The van der Waals surface area contributed by atoms with Gasteiger partial charge in [0.1, 0.15) is 0 Å². The number of carbonyl (C=O) groups excluding carboxylic acids is 8. The van der Waals surface area contributed by atoms with Crippen LogP contribution >= 0.6 is 0 Å². The first kappa shape index (κ1) is 68.1. The van der Waals surface area contributed by atoms with Gasteiger partial charge in [-0.2, -0.15) is 0 Å². The lowest BCUT2D eigenvalue weighted by Gasteiger charge is -2.32. The number of nitrogens with zero attached hydrogens (tertiary/aromatic N) is 12. The molecule has 1 aliphatic rings. The van der Waals surface area contributed by atoms with Crippen molar-refractivity contribution in [2.45, 2.75) is 95.9 Å². The Bertz CT molecular complexity index is 3540. The second-order valence-corrected chi connectivity index (χ2v) is 27.6. The molecule has 4 amide bonds. The van der Waals surface area contributed by atoms with Gasteiger partial charge in [0.25, 0.3) is 23.6 Å². The molecule has 0 radical (unpaired) electrons. The fraction of sp³-hybridized carbons (Fsp3) is 0.351. The molecule has 20 nitrogen and oxygen atoms in total. The van der Waals surface area contributed by atoms with Gasteiger partial charge in [0.15, 0.2) is 23.1 Å². The monoisotopic (exact) mass is 1260 g/mol. The lowest BCUT2D eigenvalue weighted by atomic mass is 9.87. The van der Waals surface area contributed by atoms with Gasteiger partial charge >= 0.3 is 0 Å². The Kier molecular flexibility index (Phi) is 20.5. The highest BCUT2D eigenvalue weighted by atomic mass is 16.2. The van der Waals surface area contributed by atoms with Gasteiger partial charge < -0.3 is 19.6 Å². The molecule has 1 fully saturated rings. The standard InChI is InChI=1S/C74H80N12O8/c1-71(2,3)63(87)47-15-23-55(75-39-47)59-27-19-51(43-79-59)67(91)83-31-13-32-85(69(93)53-21-29-61(81-45-53)57-25-17-49(41-77-57)65(89)73(7,8)9)37-38-86(70(94)54-22-30-62(82-46-54)58-26-18-50(42-78-58)66(90)74(10,11)12)34-14-33-84(36-35-83)68(92)52-20-28-60(80-44-52)56-24-16-48(40-76-56)64(88)72(4,5)6/h15-30,39-46H,13-14,31-38H2,1-12H3. The van der Waals surface area contributed by atoms with Gasteiger partial charge in [-0.1, -0.05) is 83.1 Å². The van der Waals surface area contributed by atoms with Crippen molar-refractivity contribution in [1.29, 1.82) is 0 Å². The Labute approximate surface area is 548 Å². The summed E-state index contributed by atoms with van der Waals surface area (Å²) < 4.78 is 0. The van der Waals surface area contributed by atoms with Crippen LogP contribution in [0.15, 0.2) is 147 Å². The van der Waals surface area contributed by atoms with Crippen LogP contribution in [0.25, 0.3) is 45.6 Å². The van der Waals surface area contributed by atoms with Crippen molar-refractivity contribution in [3.63, 3.8) is 0 Å². The number of hydrogen-bond donors (Lipinski definition) is 0. The van der Waals surface area contributed by atoms with E-state index in [0.717, 1.165) is 0 Å². The van der Waals surface area contributed by atoms with Gasteiger partial charge in [-0.15, -0.1) is 0 Å². The minimum Gasteiger partial charge on any atom is -0.337 e. The first-order chi connectivity index (χ1) is 44.4. The minimum absolute atomic E-state index is 0.0492. The van der Waals surface area contributed by atoms with Gasteiger partial charge in [-0.25, -0.2) is 0 Å². The van der Waals surface area contributed by atoms with Crippen molar-refractivity contribution in [1.82, 2.24) is 59.5 Å². The molecule has 0 unspecified atom stereocenters. The number of pyridine rings is 8. The molecule has 0 aliphatic carbocycles. The molecule has 8 aromatic rings. The van der Waals surface area contributed by atoms with E-state index < -0.39 is 21.7 Å². The Morgan fingerprint density at radius 2 is 0.383 bits per heavy atom. The third-order valence-electron chi connectivity index (χ3n) is 16.1. The quantitative estimate of drug-likeness (QED) is 0.103. The molecule has 8 aromatic heterocycles. The average Bonchev–Trinajstić information content (AvgIpc) is 0.885. The molecule has 0 spiro atoms. The summed E-state index contributed by atoms with van der Waals surface area (Å²) in [6.07, 6.45) is 12.5. The summed E-state index contributed by atoms with van der Waals surface area (Å²) in [5, 5.41) is 0. The Morgan fingerprint density at radius 3 is 0.511 bits per heavy atom. The molecule has 0 aromatic carbocycles. The molecular formula is C74H80N12O8. The molecule has 9 heterocycles. The van der Waals surface area contributed by atoms with E-state index in [2.05, 4.69) is 39.9 Å². The first-order valence-corrected chi connectivity index (χ1v) is 31.5. The van der Waals surface area contributed by atoms with Crippen LogP contribution in [0.1, 0.15) is 179 Å². The number of rotatable bonds is 12. The van der Waals surface area contributed by atoms with Crippen LogP contribution in [0, 0.1) is 21.7 Å². The predicted octanol–water partition coefficient (Wildman–Crippen LogP) is 12.1. The van der Waals surface area contributed by atoms with Crippen molar-refractivity contribution in [2.75, 3.05) is 52.4 Å². The smallest absolute Gasteiger partial charge is 0.255 e. The molecule has 0 bridgehead atoms. The van der Waals surface area contributed by atoms with Gasteiger partial charge in [-0.05, 0) is 110 Å². The van der Waals surface area contributed by atoms with Crippen molar-refractivity contribution < 1.29 is 38.4 Å². The predicted molar refractivity (Wildman–Crippen MR) is 358 cm³/mol. The molecule has 1 saturated heterocycles. The summed E-state index contributed by atoms with van der Waals surface area (Å²) >= 11 is 0. The van der Waals surface area contributed by atoms with Crippen molar-refractivity contribution in [3.05, 3.63) is 191 Å². The molecule has 0 atom stereocenters. The Balaban J connectivity index is 1.01. The number of aromatic nitrogens is 8. The fourth-order valence-electron chi connectivity index (χ4n) is 10.5. The molecule has 484 valence electrons. The zero-order valence-electron chi connectivity index (χ0n) is 55.6. The number of ketones is 4. The van der Waals surface area contributed by atoms with Crippen molar-refractivity contribution in [2.24, 2.45) is 21.7 Å². The SMILES string of the molecule is CC(C)(C)C(=O)c1ccc(-c2ccc(C(=O)N3CCCN(C(=O)c4ccc(-c5ccc(C(=O)C(C)(C)C)cn5)nc4)CCN(C(=O)c4ccc(-c5ccc(C(=O)C(C)(C)C)cn5)nc4)CCCN(C(=O)c4ccc(-c5ccc(C(=O)C(C)(C)C)cn5)nc4)CC3)cn2)nc1. The number of hydrogen-bond acceptors (Lipinski definition) is 16. The van der Waals surface area contributed by atoms with E-state index in [1.807, 2.05) is 83.1 Å². The Hall–Kier alpha value is -10.2. The molecule has 1 aliphatic heterocycles. The second-order valence-electron chi connectivity index (χ2n) is 27.6. The van der Waals surface area contributed by atoms with E-state index in [1.54, 1.807) is 117 Å². The highest BCUT2D eigenvalue weighted by molar-refractivity contribution is 6.02.